The summed E-state index contributed by atoms with van der Waals surface area (Å²) in [5.41, 5.74) is 0. The van der Waals surface area contributed by atoms with Crippen molar-refractivity contribution < 1.29 is 29.4 Å². The van der Waals surface area contributed by atoms with E-state index in [1.54, 1.807) is 0 Å². The molecule has 1 heterocycles. The number of rotatable bonds is 10. The smallest absolute Gasteiger partial charge is 0.327 e. The van der Waals surface area contributed by atoms with E-state index >= 15 is 0 Å². The van der Waals surface area contributed by atoms with Gasteiger partial charge >= 0.3 is 5.97 Å². The van der Waals surface area contributed by atoms with Crippen molar-refractivity contribution in [2.24, 2.45) is 0 Å². The van der Waals surface area contributed by atoms with Crippen LogP contribution in [0.4, 0.5) is 0 Å². The predicted molar refractivity (Wildman–Crippen MR) is 104 cm³/mol. The second-order valence-electron chi connectivity index (χ2n) is 6.20. The molecule has 6 N–H and O–H groups in total. The van der Waals surface area contributed by atoms with Crippen LogP contribution in [-0.2, 0) is 19.2 Å². The molecule has 1 aliphatic heterocycles. The molecule has 5 atom stereocenters. The molecule has 27 heavy (non-hydrogen) atoms. The van der Waals surface area contributed by atoms with E-state index in [0.29, 0.717) is 6.42 Å². The van der Waals surface area contributed by atoms with Gasteiger partial charge in [-0.2, -0.15) is 25.3 Å². The first kappa shape index (κ1) is 23.5. The molecule has 1 rings (SSSR count). The zero-order valence-electron chi connectivity index (χ0n) is 14.8. The maximum absolute atomic E-state index is 12.4. The normalized spacial score (nSPS) is 20.8. The highest BCUT2D eigenvalue weighted by atomic mass is 32.1. The lowest BCUT2D eigenvalue weighted by Gasteiger charge is -2.25. The van der Waals surface area contributed by atoms with Crippen LogP contribution in [0.25, 0.3) is 0 Å². The third-order valence-corrected chi connectivity index (χ3v) is 4.78. The number of aliphatic hydroxyl groups excluding tert-OH is 1. The summed E-state index contributed by atoms with van der Waals surface area (Å²) in [6.45, 7) is 1.99. The quantitative estimate of drug-likeness (QED) is 0.181. The number of aliphatic carboxylic acids is 1. The Bertz CT molecular complexity index is 556. The summed E-state index contributed by atoms with van der Waals surface area (Å²) in [5, 5.41) is 28.9. The topological polar surface area (TPSA) is 157 Å². The van der Waals surface area contributed by atoms with Gasteiger partial charge < -0.3 is 31.5 Å². The SMILES string of the molecule is CC(O)C(NC(=O)C(CS)NC(=O)C1CCCN1)C(=O)NC(CS)C(=O)O. The van der Waals surface area contributed by atoms with E-state index in [9.17, 15) is 24.3 Å². The van der Waals surface area contributed by atoms with Crippen molar-refractivity contribution in [2.75, 3.05) is 18.1 Å². The van der Waals surface area contributed by atoms with Gasteiger partial charge in [-0.3, -0.25) is 14.4 Å². The van der Waals surface area contributed by atoms with Crippen LogP contribution in [-0.4, -0.2) is 82.2 Å². The van der Waals surface area contributed by atoms with Crippen LogP contribution in [0.15, 0.2) is 0 Å². The summed E-state index contributed by atoms with van der Waals surface area (Å²) in [5.74, 6) is -3.41. The Labute approximate surface area is 168 Å². The van der Waals surface area contributed by atoms with Crippen LogP contribution >= 0.6 is 25.3 Å². The maximum atomic E-state index is 12.4. The number of carboxylic acids is 1. The fourth-order valence-corrected chi connectivity index (χ4v) is 2.99. The Morgan fingerprint density at radius 2 is 1.70 bits per heavy atom. The minimum Gasteiger partial charge on any atom is -0.480 e. The van der Waals surface area contributed by atoms with E-state index in [1.807, 2.05) is 0 Å². The molecule has 154 valence electrons. The van der Waals surface area contributed by atoms with E-state index in [-0.39, 0.29) is 23.5 Å². The monoisotopic (exact) mass is 422 g/mol. The first-order valence-electron chi connectivity index (χ1n) is 8.48. The summed E-state index contributed by atoms with van der Waals surface area (Å²) in [6, 6.07) is -4.07. The van der Waals surface area contributed by atoms with Gasteiger partial charge in [0.05, 0.1) is 12.1 Å². The van der Waals surface area contributed by atoms with Gasteiger partial charge in [0.1, 0.15) is 18.1 Å². The van der Waals surface area contributed by atoms with Crippen molar-refractivity contribution in [3.63, 3.8) is 0 Å². The van der Waals surface area contributed by atoms with Crippen LogP contribution in [0, 0.1) is 0 Å². The Morgan fingerprint density at radius 3 is 2.15 bits per heavy atom. The van der Waals surface area contributed by atoms with Crippen LogP contribution in [0.2, 0.25) is 0 Å². The highest BCUT2D eigenvalue weighted by molar-refractivity contribution is 7.80. The molecule has 3 amide bonds. The molecule has 1 saturated heterocycles. The van der Waals surface area contributed by atoms with E-state index in [4.69, 9.17) is 5.11 Å². The summed E-state index contributed by atoms with van der Waals surface area (Å²) in [6.07, 6.45) is 0.220. The number of carbonyl (C=O) groups excluding carboxylic acids is 3. The first-order chi connectivity index (χ1) is 12.7. The molecule has 1 fully saturated rings. The largest absolute Gasteiger partial charge is 0.480 e. The molecule has 0 aromatic rings. The molecule has 0 aromatic heterocycles. The average molecular weight is 423 g/mol. The number of carbonyl (C=O) groups is 4. The van der Waals surface area contributed by atoms with Crippen molar-refractivity contribution in [2.45, 2.75) is 50.0 Å². The van der Waals surface area contributed by atoms with Gasteiger partial charge in [0.2, 0.25) is 17.7 Å². The molecule has 0 aliphatic carbocycles. The van der Waals surface area contributed by atoms with Crippen molar-refractivity contribution in [3.05, 3.63) is 0 Å². The molecule has 5 unspecified atom stereocenters. The number of aliphatic hydroxyl groups is 1. The Balaban J connectivity index is 2.72. The zero-order valence-corrected chi connectivity index (χ0v) is 16.6. The molecule has 0 saturated carbocycles. The molecule has 0 bridgehead atoms. The van der Waals surface area contributed by atoms with Gasteiger partial charge in [-0.25, -0.2) is 4.79 Å². The van der Waals surface area contributed by atoms with Crippen LogP contribution in [0.5, 0.6) is 0 Å². The van der Waals surface area contributed by atoms with E-state index in [2.05, 4.69) is 46.5 Å². The molecule has 0 radical (unpaired) electrons. The molecule has 0 spiro atoms. The number of nitrogens with one attached hydrogen (secondary N) is 4. The van der Waals surface area contributed by atoms with Gasteiger partial charge in [-0.1, -0.05) is 0 Å². The third-order valence-electron chi connectivity index (χ3n) is 4.05. The summed E-state index contributed by atoms with van der Waals surface area (Å²) >= 11 is 7.89. The molecule has 0 aromatic carbocycles. The van der Waals surface area contributed by atoms with Crippen molar-refractivity contribution >= 4 is 48.9 Å². The lowest BCUT2D eigenvalue weighted by atomic mass is 10.1. The Morgan fingerprint density at radius 1 is 1.07 bits per heavy atom. The molecular weight excluding hydrogens is 396 g/mol. The number of hydrogen-bond acceptors (Lipinski definition) is 8. The fraction of sp³-hybridized carbons (Fsp3) is 0.733. The van der Waals surface area contributed by atoms with Crippen LogP contribution < -0.4 is 21.3 Å². The maximum Gasteiger partial charge on any atom is 0.327 e. The standard InChI is InChI=1S/C15H26N4O6S2/c1-7(20)11(14(23)18-10(6-27)15(24)25)19-13(22)9(5-26)17-12(21)8-3-2-4-16-8/h7-11,16,20,26-27H,2-6H2,1H3,(H,17,21)(H,18,23)(H,19,22)(H,24,25). The minimum atomic E-state index is -1.40. The summed E-state index contributed by atoms with van der Waals surface area (Å²) in [4.78, 5) is 47.8. The Hall–Kier alpha value is -1.50. The van der Waals surface area contributed by atoms with Gasteiger partial charge in [0.15, 0.2) is 0 Å². The van der Waals surface area contributed by atoms with Crippen LogP contribution in [0.1, 0.15) is 19.8 Å². The van der Waals surface area contributed by atoms with E-state index in [0.717, 1.165) is 13.0 Å². The molecule has 12 heteroatoms. The lowest BCUT2D eigenvalue weighted by Crippen LogP contribution is -2.60. The minimum absolute atomic E-state index is 0.0210. The van der Waals surface area contributed by atoms with Gasteiger partial charge in [0, 0.05) is 11.5 Å². The van der Waals surface area contributed by atoms with Gasteiger partial charge in [0.25, 0.3) is 0 Å². The molecular formula is C15H26N4O6S2. The van der Waals surface area contributed by atoms with E-state index in [1.165, 1.54) is 6.92 Å². The zero-order chi connectivity index (χ0) is 20.6. The summed E-state index contributed by atoms with van der Waals surface area (Å²) < 4.78 is 0. The summed E-state index contributed by atoms with van der Waals surface area (Å²) in [7, 11) is 0. The average Bonchev–Trinajstić information content (AvgIpc) is 3.15. The highest BCUT2D eigenvalue weighted by Gasteiger charge is 2.32. The van der Waals surface area contributed by atoms with Crippen molar-refractivity contribution in [1.82, 2.24) is 21.3 Å². The highest BCUT2D eigenvalue weighted by Crippen LogP contribution is 2.06. The number of hydrogen-bond donors (Lipinski definition) is 8. The number of amides is 3. The second kappa shape index (κ2) is 11.4. The van der Waals surface area contributed by atoms with Gasteiger partial charge in [-0.05, 0) is 26.3 Å². The van der Waals surface area contributed by atoms with Crippen LogP contribution in [0.3, 0.4) is 0 Å². The fourth-order valence-electron chi connectivity index (χ4n) is 2.48. The second-order valence-corrected chi connectivity index (χ2v) is 6.93. The number of thiol groups is 2. The Kier molecular flexibility index (Phi) is 9.91. The predicted octanol–water partition coefficient (Wildman–Crippen LogP) is -2.48. The third kappa shape index (κ3) is 7.20. The lowest BCUT2D eigenvalue weighted by molar-refractivity contribution is -0.142. The van der Waals surface area contributed by atoms with Crippen molar-refractivity contribution in [3.8, 4) is 0 Å². The number of carboxylic acid groups (broad SMARTS) is 1. The first-order valence-corrected chi connectivity index (χ1v) is 9.74. The van der Waals surface area contributed by atoms with Crippen molar-refractivity contribution in [1.29, 1.82) is 0 Å². The van der Waals surface area contributed by atoms with Gasteiger partial charge in [-0.15, -0.1) is 0 Å². The molecule has 10 nitrogen and oxygen atoms in total. The van der Waals surface area contributed by atoms with E-state index < -0.39 is 42.0 Å². The molecule has 1 aliphatic rings.